The molecule has 0 atom stereocenters. The third kappa shape index (κ3) is 5.13. The lowest BCUT2D eigenvalue weighted by Gasteiger charge is -2.30. The molecule has 0 spiro atoms. The molecule has 1 aliphatic rings. The zero-order chi connectivity index (χ0) is 23.5. The van der Waals surface area contributed by atoms with E-state index in [1.54, 1.807) is 18.2 Å². The van der Waals surface area contributed by atoms with Gasteiger partial charge in [-0.25, -0.2) is 17.2 Å². The Morgan fingerprint density at radius 1 is 1.06 bits per heavy atom. The lowest BCUT2D eigenvalue weighted by Crippen LogP contribution is -2.41. The summed E-state index contributed by atoms with van der Waals surface area (Å²) in [4.78, 5) is 24.5. The fraction of sp³-hybridized carbons (Fsp3) is 0.364. The minimum absolute atomic E-state index is 0.0807. The SMILES string of the molecule is CCNC(=O)c1ccc(C)c(NC(=O)C2CCN(S(=O)(=O)c3ccc(F)c(F)c3)CC2)c1. The molecule has 2 amide bonds. The summed E-state index contributed by atoms with van der Waals surface area (Å²) in [6, 6.07) is 7.50. The van der Waals surface area contributed by atoms with Gasteiger partial charge < -0.3 is 10.6 Å². The maximum Gasteiger partial charge on any atom is 0.251 e. The molecule has 2 N–H and O–H groups in total. The number of sulfonamides is 1. The topological polar surface area (TPSA) is 95.6 Å². The number of anilines is 1. The van der Waals surface area contributed by atoms with Gasteiger partial charge in [-0.1, -0.05) is 6.07 Å². The van der Waals surface area contributed by atoms with Crippen LogP contribution in [0.5, 0.6) is 0 Å². The number of aryl methyl sites for hydroxylation is 1. The van der Waals surface area contributed by atoms with Crippen molar-refractivity contribution < 1.29 is 26.8 Å². The molecular weight excluding hydrogens is 440 g/mol. The van der Waals surface area contributed by atoms with Crippen molar-refractivity contribution in [2.75, 3.05) is 25.0 Å². The minimum atomic E-state index is -3.99. The van der Waals surface area contributed by atoms with Crippen molar-refractivity contribution in [3.63, 3.8) is 0 Å². The number of piperidine rings is 1. The molecule has 10 heteroatoms. The molecule has 7 nitrogen and oxygen atoms in total. The minimum Gasteiger partial charge on any atom is -0.352 e. The summed E-state index contributed by atoms with van der Waals surface area (Å²) in [6.45, 7) is 4.27. The number of amides is 2. The third-order valence-electron chi connectivity index (χ3n) is 5.45. The van der Waals surface area contributed by atoms with Crippen LogP contribution in [0.15, 0.2) is 41.3 Å². The van der Waals surface area contributed by atoms with E-state index in [9.17, 15) is 26.8 Å². The van der Waals surface area contributed by atoms with E-state index in [0.717, 1.165) is 17.7 Å². The van der Waals surface area contributed by atoms with Gasteiger partial charge in [-0.3, -0.25) is 9.59 Å². The molecule has 172 valence electrons. The number of hydrogen-bond donors (Lipinski definition) is 2. The van der Waals surface area contributed by atoms with Crippen LogP contribution in [-0.2, 0) is 14.8 Å². The van der Waals surface area contributed by atoms with Crippen LogP contribution in [0, 0.1) is 24.5 Å². The molecule has 2 aromatic carbocycles. The molecule has 0 saturated carbocycles. The van der Waals surface area contributed by atoms with Gasteiger partial charge in [0.25, 0.3) is 5.91 Å². The van der Waals surface area contributed by atoms with Crippen LogP contribution in [0.25, 0.3) is 0 Å². The monoisotopic (exact) mass is 465 g/mol. The first-order chi connectivity index (χ1) is 15.1. The second kappa shape index (κ2) is 9.74. The highest BCUT2D eigenvalue weighted by Gasteiger charge is 2.32. The highest BCUT2D eigenvalue weighted by Crippen LogP contribution is 2.26. The number of halogens is 2. The van der Waals surface area contributed by atoms with Crippen LogP contribution in [0.3, 0.4) is 0 Å². The zero-order valence-electron chi connectivity index (χ0n) is 17.8. The van der Waals surface area contributed by atoms with E-state index < -0.39 is 27.6 Å². The van der Waals surface area contributed by atoms with E-state index in [-0.39, 0.29) is 42.6 Å². The van der Waals surface area contributed by atoms with Crippen molar-refractivity contribution in [2.24, 2.45) is 5.92 Å². The maximum absolute atomic E-state index is 13.5. The van der Waals surface area contributed by atoms with Gasteiger partial charge in [0.2, 0.25) is 15.9 Å². The quantitative estimate of drug-likeness (QED) is 0.686. The highest BCUT2D eigenvalue weighted by molar-refractivity contribution is 7.89. The second-order valence-corrected chi connectivity index (χ2v) is 9.57. The molecule has 3 rings (SSSR count). The maximum atomic E-state index is 13.5. The van der Waals surface area contributed by atoms with E-state index in [0.29, 0.717) is 23.9 Å². The Kier molecular flexibility index (Phi) is 7.25. The first kappa shape index (κ1) is 23.8. The number of nitrogens with one attached hydrogen (secondary N) is 2. The van der Waals surface area contributed by atoms with E-state index in [4.69, 9.17) is 0 Å². The van der Waals surface area contributed by atoms with Gasteiger partial charge in [0.15, 0.2) is 11.6 Å². The van der Waals surface area contributed by atoms with E-state index in [1.165, 1.54) is 4.31 Å². The Labute approximate surface area is 185 Å². The molecule has 1 saturated heterocycles. The van der Waals surface area contributed by atoms with Crippen LogP contribution in [0.1, 0.15) is 35.7 Å². The molecule has 2 aromatic rings. The molecule has 0 aromatic heterocycles. The molecular formula is C22H25F2N3O4S. The van der Waals surface area contributed by atoms with Crippen LogP contribution in [-0.4, -0.2) is 44.2 Å². The summed E-state index contributed by atoms with van der Waals surface area (Å²) in [7, 11) is -3.99. The summed E-state index contributed by atoms with van der Waals surface area (Å²) in [5.41, 5.74) is 1.75. The van der Waals surface area contributed by atoms with E-state index >= 15 is 0 Å². The van der Waals surface area contributed by atoms with Gasteiger partial charge in [0, 0.05) is 36.8 Å². The number of hydrogen-bond acceptors (Lipinski definition) is 4. The molecule has 1 aliphatic heterocycles. The largest absolute Gasteiger partial charge is 0.352 e. The van der Waals surface area contributed by atoms with Crippen LogP contribution >= 0.6 is 0 Å². The van der Waals surface area contributed by atoms with E-state index in [1.807, 2.05) is 13.8 Å². The molecule has 1 fully saturated rings. The van der Waals surface area contributed by atoms with Crippen molar-refractivity contribution in [3.8, 4) is 0 Å². The first-order valence-electron chi connectivity index (χ1n) is 10.3. The third-order valence-corrected chi connectivity index (χ3v) is 7.34. The van der Waals surface area contributed by atoms with Crippen molar-refractivity contribution in [1.82, 2.24) is 9.62 Å². The molecule has 1 heterocycles. The van der Waals surface area contributed by atoms with Gasteiger partial charge in [-0.2, -0.15) is 4.31 Å². The summed E-state index contributed by atoms with van der Waals surface area (Å²) < 4.78 is 53.2. The van der Waals surface area contributed by atoms with Crippen molar-refractivity contribution in [3.05, 3.63) is 59.2 Å². The Morgan fingerprint density at radius 3 is 2.38 bits per heavy atom. The number of carbonyl (C=O) groups excluding carboxylic acids is 2. The number of carbonyl (C=O) groups is 2. The highest BCUT2D eigenvalue weighted by atomic mass is 32.2. The summed E-state index contributed by atoms with van der Waals surface area (Å²) in [5.74, 6) is -3.26. The number of nitrogens with zero attached hydrogens (tertiary/aromatic N) is 1. The zero-order valence-corrected chi connectivity index (χ0v) is 18.6. The van der Waals surface area contributed by atoms with Crippen molar-refractivity contribution in [1.29, 1.82) is 0 Å². The van der Waals surface area contributed by atoms with Crippen LogP contribution in [0.4, 0.5) is 14.5 Å². The fourth-order valence-corrected chi connectivity index (χ4v) is 5.02. The number of benzene rings is 2. The summed E-state index contributed by atoms with van der Waals surface area (Å²) in [6.07, 6.45) is 0.563. The smallest absolute Gasteiger partial charge is 0.251 e. The summed E-state index contributed by atoms with van der Waals surface area (Å²) >= 11 is 0. The Morgan fingerprint density at radius 2 is 1.75 bits per heavy atom. The average Bonchev–Trinajstić information content (AvgIpc) is 2.77. The van der Waals surface area contributed by atoms with Gasteiger partial charge in [0.1, 0.15) is 0 Å². The van der Waals surface area contributed by atoms with E-state index in [2.05, 4.69) is 10.6 Å². The molecule has 32 heavy (non-hydrogen) atoms. The standard InChI is InChI=1S/C22H25F2N3O4S/c1-3-25-21(28)16-5-4-14(2)20(12-16)26-22(29)15-8-10-27(11-9-15)32(30,31)17-6-7-18(23)19(24)13-17/h4-7,12-13,15H,3,8-11H2,1-2H3,(H,25,28)(H,26,29). The fourth-order valence-electron chi connectivity index (χ4n) is 3.54. The molecule has 0 aliphatic carbocycles. The predicted octanol–water partition coefficient (Wildman–Crippen LogP) is 3.06. The van der Waals surface area contributed by atoms with Crippen molar-refractivity contribution in [2.45, 2.75) is 31.6 Å². The summed E-state index contributed by atoms with van der Waals surface area (Å²) in [5, 5.41) is 5.54. The van der Waals surface area contributed by atoms with Crippen LogP contribution < -0.4 is 10.6 Å². The Balaban J connectivity index is 1.65. The molecule has 0 radical (unpaired) electrons. The van der Waals surface area contributed by atoms with Gasteiger partial charge >= 0.3 is 0 Å². The van der Waals surface area contributed by atoms with Gasteiger partial charge in [-0.15, -0.1) is 0 Å². The molecule has 0 unspecified atom stereocenters. The Bertz CT molecular complexity index is 1130. The number of rotatable bonds is 6. The van der Waals surface area contributed by atoms with Crippen LogP contribution in [0.2, 0.25) is 0 Å². The normalized spacial score (nSPS) is 15.4. The average molecular weight is 466 g/mol. The first-order valence-corrected chi connectivity index (χ1v) is 11.7. The second-order valence-electron chi connectivity index (χ2n) is 7.63. The molecule has 0 bridgehead atoms. The Hall–Kier alpha value is -2.85. The lowest BCUT2D eigenvalue weighted by atomic mass is 9.97. The van der Waals surface area contributed by atoms with Gasteiger partial charge in [-0.05, 0) is 62.6 Å². The lowest BCUT2D eigenvalue weighted by molar-refractivity contribution is -0.120. The van der Waals surface area contributed by atoms with Crippen molar-refractivity contribution >= 4 is 27.5 Å². The van der Waals surface area contributed by atoms with Gasteiger partial charge in [0.05, 0.1) is 4.90 Å². The predicted molar refractivity (Wildman–Crippen MR) is 116 cm³/mol.